The number of hydrogen-bond acceptors (Lipinski definition) is 5. The van der Waals surface area contributed by atoms with E-state index in [1.165, 1.54) is 4.90 Å². The van der Waals surface area contributed by atoms with Gasteiger partial charge in [0.1, 0.15) is 18.3 Å². The minimum absolute atomic E-state index is 0.110. The highest BCUT2D eigenvalue weighted by molar-refractivity contribution is 7.92. The smallest absolute Gasteiger partial charge is 0.244 e. The van der Waals surface area contributed by atoms with Crippen LogP contribution in [-0.4, -0.2) is 57.1 Å². The van der Waals surface area contributed by atoms with E-state index in [4.69, 9.17) is 4.74 Å². The largest absolute Gasteiger partial charge is 0.497 e. The summed E-state index contributed by atoms with van der Waals surface area (Å²) in [5.41, 5.74) is 2.25. The van der Waals surface area contributed by atoms with Crippen molar-refractivity contribution in [2.24, 2.45) is 0 Å². The summed E-state index contributed by atoms with van der Waals surface area (Å²) in [7, 11) is -2.19. The molecule has 1 fully saturated rings. The van der Waals surface area contributed by atoms with Gasteiger partial charge in [0.05, 0.1) is 19.1 Å². The van der Waals surface area contributed by atoms with Gasteiger partial charge in [-0.1, -0.05) is 44.0 Å². The molecule has 196 valence electrons. The van der Waals surface area contributed by atoms with Crippen LogP contribution in [0.25, 0.3) is 0 Å². The number of anilines is 1. The van der Waals surface area contributed by atoms with Crippen molar-refractivity contribution in [2.45, 2.75) is 64.6 Å². The predicted molar refractivity (Wildman–Crippen MR) is 141 cm³/mol. The van der Waals surface area contributed by atoms with Gasteiger partial charge in [-0.15, -0.1) is 0 Å². The average Bonchev–Trinajstić information content (AvgIpc) is 3.37. The van der Waals surface area contributed by atoms with Gasteiger partial charge in [-0.3, -0.25) is 13.9 Å². The summed E-state index contributed by atoms with van der Waals surface area (Å²) in [6, 6.07) is 13.7. The summed E-state index contributed by atoms with van der Waals surface area (Å²) >= 11 is 0. The van der Waals surface area contributed by atoms with E-state index in [9.17, 15) is 18.0 Å². The summed E-state index contributed by atoms with van der Waals surface area (Å²) in [6.45, 7) is 3.43. The lowest BCUT2D eigenvalue weighted by Gasteiger charge is -2.32. The Bertz CT molecular complexity index is 1140. The molecular formula is C27H37N3O5S. The molecular weight excluding hydrogens is 478 g/mol. The van der Waals surface area contributed by atoms with E-state index in [0.717, 1.165) is 53.8 Å². The molecule has 9 heteroatoms. The van der Waals surface area contributed by atoms with Gasteiger partial charge >= 0.3 is 0 Å². The SMILES string of the molecule is CCc1ccc(N(CC(=O)N(Cc2cccc(OC)c2)[C@@H](C)C(=O)NC2CCCC2)S(C)(=O)=O)cc1. The first-order valence-electron chi connectivity index (χ1n) is 12.4. The third kappa shape index (κ3) is 7.22. The Morgan fingerprint density at radius 3 is 2.33 bits per heavy atom. The Morgan fingerprint density at radius 1 is 1.08 bits per heavy atom. The number of rotatable bonds is 11. The van der Waals surface area contributed by atoms with Crippen LogP contribution in [0, 0.1) is 0 Å². The molecule has 2 aromatic rings. The number of sulfonamides is 1. The molecule has 36 heavy (non-hydrogen) atoms. The van der Waals surface area contributed by atoms with Crippen LogP contribution < -0.4 is 14.4 Å². The summed E-state index contributed by atoms with van der Waals surface area (Å²) in [6.07, 6.45) is 5.91. The van der Waals surface area contributed by atoms with Crippen LogP contribution in [0.3, 0.4) is 0 Å². The molecule has 0 saturated heterocycles. The van der Waals surface area contributed by atoms with E-state index in [1.807, 2.05) is 31.2 Å². The third-order valence-corrected chi connectivity index (χ3v) is 7.81. The van der Waals surface area contributed by atoms with Gasteiger partial charge in [0, 0.05) is 12.6 Å². The summed E-state index contributed by atoms with van der Waals surface area (Å²) in [5.74, 6) is -0.0648. The molecule has 1 atom stereocenters. The number of carbonyl (C=O) groups excluding carboxylic acids is 2. The van der Waals surface area contributed by atoms with E-state index >= 15 is 0 Å². The molecule has 0 bridgehead atoms. The Labute approximate surface area is 214 Å². The Hall–Kier alpha value is -3.07. The van der Waals surface area contributed by atoms with Crippen LogP contribution in [-0.2, 0) is 32.6 Å². The molecule has 2 amide bonds. The van der Waals surface area contributed by atoms with Crippen LogP contribution in [0.4, 0.5) is 5.69 Å². The monoisotopic (exact) mass is 515 g/mol. The normalized spacial score (nSPS) is 14.8. The van der Waals surface area contributed by atoms with Crippen molar-refractivity contribution in [3.63, 3.8) is 0 Å². The van der Waals surface area contributed by atoms with Crippen molar-refractivity contribution in [1.82, 2.24) is 10.2 Å². The quantitative estimate of drug-likeness (QED) is 0.494. The molecule has 1 aliphatic rings. The number of benzene rings is 2. The zero-order valence-corrected chi connectivity index (χ0v) is 22.4. The number of aryl methyl sites for hydroxylation is 1. The zero-order chi connectivity index (χ0) is 26.3. The van der Waals surface area contributed by atoms with Crippen molar-refractivity contribution in [1.29, 1.82) is 0 Å². The Kier molecular flexibility index (Phi) is 9.37. The fraction of sp³-hybridized carbons (Fsp3) is 0.481. The van der Waals surface area contributed by atoms with Crippen LogP contribution in [0.1, 0.15) is 50.7 Å². The minimum atomic E-state index is -3.75. The van der Waals surface area contributed by atoms with Crippen molar-refractivity contribution >= 4 is 27.5 Å². The predicted octanol–water partition coefficient (Wildman–Crippen LogP) is 3.50. The highest BCUT2D eigenvalue weighted by Gasteiger charge is 2.31. The lowest BCUT2D eigenvalue weighted by Crippen LogP contribution is -2.52. The van der Waals surface area contributed by atoms with Crippen LogP contribution >= 0.6 is 0 Å². The first-order valence-corrected chi connectivity index (χ1v) is 14.3. The Balaban J connectivity index is 1.88. The number of nitrogens with zero attached hydrogens (tertiary/aromatic N) is 2. The van der Waals surface area contributed by atoms with E-state index in [1.54, 1.807) is 38.3 Å². The molecule has 1 N–H and O–H groups in total. The fourth-order valence-electron chi connectivity index (χ4n) is 4.45. The number of carbonyl (C=O) groups is 2. The first-order chi connectivity index (χ1) is 17.1. The molecule has 0 radical (unpaired) electrons. The first kappa shape index (κ1) is 27.5. The maximum absolute atomic E-state index is 13.6. The van der Waals surface area contributed by atoms with Gasteiger partial charge in [0.2, 0.25) is 21.8 Å². The molecule has 0 aliphatic heterocycles. The van der Waals surface area contributed by atoms with Gasteiger partial charge in [0.25, 0.3) is 0 Å². The molecule has 0 unspecified atom stereocenters. The maximum Gasteiger partial charge on any atom is 0.244 e. The molecule has 3 rings (SSSR count). The second-order valence-electron chi connectivity index (χ2n) is 9.33. The number of hydrogen-bond donors (Lipinski definition) is 1. The number of ether oxygens (including phenoxy) is 1. The highest BCUT2D eigenvalue weighted by Crippen LogP contribution is 2.22. The molecule has 1 aliphatic carbocycles. The van der Waals surface area contributed by atoms with E-state index in [-0.39, 0.29) is 18.5 Å². The number of nitrogens with one attached hydrogen (secondary N) is 1. The minimum Gasteiger partial charge on any atom is -0.497 e. The summed E-state index contributed by atoms with van der Waals surface area (Å²) in [5, 5.41) is 3.06. The number of amides is 2. The second-order valence-corrected chi connectivity index (χ2v) is 11.2. The van der Waals surface area contributed by atoms with Crippen molar-refractivity contribution in [2.75, 3.05) is 24.2 Å². The van der Waals surface area contributed by atoms with Gasteiger partial charge in [0.15, 0.2) is 0 Å². The molecule has 1 saturated carbocycles. The van der Waals surface area contributed by atoms with Gasteiger partial charge < -0.3 is 15.0 Å². The number of methoxy groups -OCH3 is 1. The van der Waals surface area contributed by atoms with Gasteiger partial charge in [-0.25, -0.2) is 8.42 Å². The Morgan fingerprint density at radius 2 is 1.75 bits per heavy atom. The second kappa shape index (κ2) is 12.3. The van der Waals surface area contributed by atoms with Crippen molar-refractivity contribution < 1.29 is 22.7 Å². The molecule has 0 aromatic heterocycles. The third-order valence-electron chi connectivity index (χ3n) is 6.67. The summed E-state index contributed by atoms with van der Waals surface area (Å²) in [4.78, 5) is 28.2. The molecule has 0 heterocycles. The lowest BCUT2D eigenvalue weighted by molar-refractivity contribution is -0.139. The molecule has 8 nitrogen and oxygen atoms in total. The van der Waals surface area contributed by atoms with Crippen molar-refractivity contribution in [3.8, 4) is 5.75 Å². The van der Waals surface area contributed by atoms with E-state index < -0.39 is 28.5 Å². The highest BCUT2D eigenvalue weighted by atomic mass is 32.2. The van der Waals surface area contributed by atoms with Crippen molar-refractivity contribution in [3.05, 3.63) is 59.7 Å². The summed E-state index contributed by atoms with van der Waals surface area (Å²) < 4.78 is 31.8. The van der Waals surface area contributed by atoms with Crippen LogP contribution in [0.5, 0.6) is 5.75 Å². The van der Waals surface area contributed by atoms with Crippen LogP contribution in [0.2, 0.25) is 0 Å². The van der Waals surface area contributed by atoms with Crippen LogP contribution in [0.15, 0.2) is 48.5 Å². The molecule has 0 spiro atoms. The topological polar surface area (TPSA) is 96.0 Å². The fourth-order valence-corrected chi connectivity index (χ4v) is 5.30. The van der Waals surface area contributed by atoms with E-state index in [2.05, 4.69) is 5.32 Å². The average molecular weight is 516 g/mol. The van der Waals surface area contributed by atoms with E-state index in [0.29, 0.717) is 11.4 Å². The maximum atomic E-state index is 13.6. The standard InChI is InChI=1S/C27H37N3O5S/c1-5-21-13-15-24(16-14-21)30(36(4,33)34)19-26(31)29(18-22-9-8-12-25(17-22)35-3)20(2)27(32)28-23-10-6-7-11-23/h8-9,12-17,20,23H,5-7,10-11,18-19H2,1-4H3,(H,28,32)/t20-/m0/s1. The lowest BCUT2D eigenvalue weighted by atomic mass is 10.1. The van der Waals surface area contributed by atoms with Gasteiger partial charge in [-0.2, -0.15) is 0 Å². The van der Waals surface area contributed by atoms with Gasteiger partial charge in [-0.05, 0) is 61.6 Å². The molecule has 2 aromatic carbocycles. The zero-order valence-electron chi connectivity index (χ0n) is 21.6.